The number of pyridine rings is 1. The number of amides is 1. The lowest BCUT2D eigenvalue weighted by Crippen LogP contribution is -2.31. The molecule has 1 aromatic carbocycles. The Labute approximate surface area is 179 Å². The van der Waals surface area contributed by atoms with Gasteiger partial charge >= 0.3 is 0 Å². The molecule has 0 fully saturated rings. The first-order valence-electron chi connectivity index (χ1n) is 9.42. The third-order valence-electron chi connectivity index (χ3n) is 4.41. The van der Waals surface area contributed by atoms with Crippen LogP contribution in [-0.2, 0) is 4.79 Å². The van der Waals surface area contributed by atoms with Gasteiger partial charge in [-0.15, -0.1) is 0 Å². The molecule has 8 nitrogen and oxygen atoms in total. The summed E-state index contributed by atoms with van der Waals surface area (Å²) in [6.07, 6.45) is 0. The average molecular weight is 426 g/mol. The number of phenolic OH excluding ortho intramolecular Hbond substituents is 1. The van der Waals surface area contributed by atoms with E-state index in [9.17, 15) is 20.4 Å². The molecule has 9 heteroatoms. The maximum Gasteiger partial charge on any atom is 0.232 e. The zero-order valence-electron chi connectivity index (χ0n) is 17.1. The molecule has 1 amide bonds. The van der Waals surface area contributed by atoms with Crippen LogP contribution in [0, 0.1) is 22.7 Å². The number of aromatic nitrogens is 1. The number of nitriles is 2. The highest BCUT2D eigenvalue weighted by Gasteiger charge is 2.22. The molecule has 3 N–H and O–H groups in total. The quantitative estimate of drug-likeness (QED) is 0.616. The monoisotopic (exact) mass is 425 g/mol. The van der Waals surface area contributed by atoms with Crippen LogP contribution in [0.15, 0.2) is 23.2 Å². The number of carbonyl (C=O) groups is 1. The second-order valence-corrected chi connectivity index (χ2v) is 7.09. The van der Waals surface area contributed by atoms with Crippen molar-refractivity contribution >= 4 is 23.5 Å². The van der Waals surface area contributed by atoms with Crippen molar-refractivity contribution < 1.29 is 14.6 Å². The van der Waals surface area contributed by atoms with Crippen LogP contribution in [0.4, 0.5) is 5.82 Å². The lowest BCUT2D eigenvalue weighted by atomic mass is 9.96. The van der Waals surface area contributed by atoms with Gasteiger partial charge in [0.15, 0.2) is 11.5 Å². The third kappa shape index (κ3) is 4.76. The molecule has 0 atom stereocenters. The molecule has 0 spiro atoms. The van der Waals surface area contributed by atoms with Gasteiger partial charge in [0.25, 0.3) is 0 Å². The molecule has 30 heavy (non-hydrogen) atoms. The number of benzene rings is 1. The van der Waals surface area contributed by atoms with Crippen molar-refractivity contribution in [1.82, 2.24) is 9.88 Å². The highest BCUT2D eigenvalue weighted by atomic mass is 32.2. The van der Waals surface area contributed by atoms with Crippen LogP contribution in [0.1, 0.15) is 31.9 Å². The van der Waals surface area contributed by atoms with Crippen LogP contribution in [0.25, 0.3) is 11.1 Å². The molecule has 0 aliphatic carbocycles. The van der Waals surface area contributed by atoms with Gasteiger partial charge in [-0.2, -0.15) is 10.5 Å². The van der Waals surface area contributed by atoms with E-state index in [2.05, 4.69) is 11.1 Å². The number of nitrogen functional groups attached to an aromatic ring is 1. The van der Waals surface area contributed by atoms with Crippen LogP contribution >= 0.6 is 11.8 Å². The number of hydrogen-bond donors (Lipinski definition) is 2. The van der Waals surface area contributed by atoms with E-state index in [4.69, 9.17) is 10.5 Å². The molecule has 0 saturated heterocycles. The normalized spacial score (nSPS) is 10.2. The van der Waals surface area contributed by atoms with E-state index in [-0.39, 0.29) is 45.1 Å². The lowest BCUT2D eigenvalue weighted by molar-refractivity contribution is -0.127. The van der Waals surface area contributed by atoms with Crippen LogP contribution in [0.5, 0.6) is 11.5 Å². The molecule has 0 aliphatic rings. The van der Waals surface area contributed by atoms with Gasteiger partial charge in [0.2, 0.25) is 5.91 Å². The predicted octanol–water partition coefficient (Wildman–Crippen LogP) is 3.14. The highest BCUT2D eigenvalue weighted by Crippen LogP contribution is 2.39. The number of rotatable bonds is 8. The Bertz CT molecular complexity index is 1020. The van der Waals surface area contributed by atoms with Crippen molar-refractivity contribution in [3.63, 3.8) is 0 Å². The van der Waals surface area contributed by atoms with Crippen molar-refractivity contribution in [2.24, 2.45) is 0 Å². The topological polar surface area (TPSA) is 136 Å². The van der Waals surface area contributed by atoms with E-state index in [1.54, 1.807) is 24.0 Å². The number of phenols is 1. The van der Waals surface area contributed by atoms with E-state index in [1.165, 1.54) is 6.07 Å². The van der Waals surface area contributed by atoms with E-state index >= 15 is 0 Å². The number of aromatic hydroxyl groups is 1. The molecule has 0 saturated carbocycles. The van der Waals surface area contributed by atoms with Gasteiger partial charge in [0, 0.05) is 18.7 Å². The molecular weight excluding hydrogens is 402 g/mol. The summed E-state index contributed by atoms with van der Waals surface area (Å²) in [5.41, 5.74) is 6.99. The van der Waals surface area contributed by atoms with Gasteiger partial charge in [0.1, 0.15) is 28.5 Å². The third-order valence-corrected chi connectivity index (χ3v) is 5.37. The van der Waals surface area contributed by atoms with Crippen molar-refractivity contribution in [2.75, 3.05) is 31.2 Å². The summed E-state index contributed by atoms with van der Waals surface area (Å²) in [6.45, 7) is 7.07. The minimum Gasteiger partial charge on any atom is -0.504 e. The Morgan fingerprint density at radius 2 is 1.90 bits per heavy atom. The van der Waals surface area contributed by atoms with Crippen LogP contribution in [0.2, 0.25) is 0 Å². The number of thioether (sulfide) groups is 1. The van der Waals surface area contributed by atoms with Gasteiger partial charge < -0.3 is 20.5 Å². The minimum absolute atomic E-state index is 0.0321. The fraction of sp³-hybridized carbons (Fsp3) is 0.333. The van der Waals surface area contributed by atoms with Crippen molar-refractivity contribution in [2.45, 2.75) is 25.8 Å². The van der Waals surface area contributed by atoms with E-state index in [0.29, 0.717) is 30.8 Å². The Morgan fingerprint density at radius 3 is 2.47 bits per heavy atom. The summed E-state index contributed by atoms with van der Waals surface area (Å²) >= 11 is 1.10. The Balaban J connectivity index is 2.58. The molecule has 2 rings (SSSR count). The molecule has 1 aromatic heterocycles. The summed E-state index contributed by atoms with van der Waals surface area (Å²) in [5.74, 6) is 0.148. The lowest BCUT2D eigenvalue weighted by Gasteiger charge is -2.19. The summed E-state index contributed by atoms with van der Waals surface area (Å²) < 4.78 is 5.42. The Morgan fingerprint density at radius 1 is 1.23 bits per heavy atom. The number of anilines is 1. The van der Waals surface area contributed by atoms with Crippen LogP contribution < -0.4 is 10.5 Å². The number of hydrogen-bond acceptors (Lipinski definition) is 8. The maximum atomic E-state index is 12.4. The summed E-state index contributed by atoms with van der Waals surface area (Å²) in [7, 11) is 0. The largest absolute Gasteiger partial charge is 0.504 e. The number of ether oxygens (including phenoxy) is 1. The Hall–Kier alpha value is -3.43. The first kappa shape index (κ1) is 22.9. The van der Waals surface area contributed by atoms with Crippen molar-refractivity contribution in [3.8, 4) is 34.8 Å². The summed E-state index contributed by atoms with van der Waals surface area (Å²) in [4.78, 5) is 18.2. The zero-order valence-corrected chi connectivity index (χ0v) is 17.9. The molecule has 0 unspecified atom stereocenters. The first-order chi connectivity index (χ1) is 14.4. The molecule has 2 aromatic rings. The fourth-order valence-electron chi connectivity index (χ4n) is 2.93. The second-order valence-electron chi connectivity index (χ2n) is 6.12. The molecule has 0 radical (unpaired) electrons. The number of nitrogens with zero attached hydrogens (tertiary/aromatic N) is 4. The van der Waals surface area contributed by atoms with Gasteiger partial charge in [0.05, 0.1) is 17.9 Å². The van der Waals surface area contributed by atoms with Gasteiger partial charge in [-0.05, 0) is 38.5 Å². The van der Waals surface area contributed by atoms with Crippen molar-refractivity contribution in [1.29, 1.82) is 10.5 Å². The van der Waals surface area contributed by atoms with E-state index < -0.39 is 0 Å². The minimum atomic E-state index is -0.0802. The molecule has 0 bridgehead atoms. The number of carbonyl (C=O) groups excluding carboxylic acids is 1. The highest BCUT2D eigenvalue weighted by molar-refractivity contribution is 8.00. The Kier molecular flexibility index (Phi) is 7.90. The molecule has 0 aliphatic heterocycles. The van der Waals surface area contributed by atoms with Gasteiger partial charge in [-0.1, -0.05) is 17.8 Å². The predicted molar refractivity (Wildman–Crippen MR) is 115 cm³/mol. The molecule has 1 heterocycles. The SMILES string of the molecule is CCOc1cc(-c2c(C#N)c(N)nc(SCC(=O)N(CC)CC)c2C#N)ccc1O. The first-order valence-corrected chi connectivity index (χ1v) is 10.4. The smallest absolute Gasteiger partial charge is 0.232 e. The van der Waals surface area contributed by atoms with E-state index in [0.717, 1.165) is 11.8 Å². The van der Waals surface area contributed by atoms with Gasteiger partial charge in [-0.3, -0.25) is 4.79 Å². The average Bonchev–Trinajstić information content (AvgIpc) is 2.74. The van der Waals surface area contributed by atoms with E-state index in [1.807, 2.05) is 19.9 Å². The molecular formula is C21H23N5O3S. The zero-order chi connectivity index (χ0) is 22.3. The standard InChI is InChI=1S/C21H23N5O3S/c1-4-26(5-2)18(28)12-30-21-15(11-23)19(14(10-22)20(24)25-21)13-7-8-16(27)17(9-13)29-6-3/h7-9,27H,4-6,12H2,1-3H3,(H2,24,25). The summed E-state index contributed by atoms with van der Waals surface area (Å²) in [5, 5.41) is 29.7. The maximum absolute atomic E-state index is 12.4. The molecule has 156 valence electrons. The second kappa shape index (κ2) is 10.4. The summed E-state index contributed by atoms with van der Waals surface area (Å²) in [6, 6.07) is 8.64. The van der Waals surface area contributed by atoms with Gasteiger partial charge in [-0.25, -0.2) is 4.98 Å². The van der Waals surface area contributed by atoms with Crippen molar-refractivity contribution in [3.05, 3.63) is 29.3 Å². The number of nitrogens with two attached hydrogens (primary N) is 1. The van der Waals surface area contributed by atoms with Crippen LogP contribution in [-0.4, -0.2) is 46.3 Å². The van der Waals surface area contributed by atoms with Crippen LogP contribution in [0.3, 0.4) is 0 Å². The fourth-order valence-corrected chi connectivity index (χ4v) is 3.83.